The summed E-state index contributed by atoms with van der Waals surface area (Å²) in [6, 6.07) is 7.21. The molecular weight excluding hydrogens is 275 g/mol. The van der Waals surface area contributed by atoms with Gasteiger partial charge in [0.25, 0.3) is 0 Å². The minimum absolute atomic E-state index is 0. The fourth-order valence-corrected chi connectivity index (χ4v) is 2.95. The molecule has 1 aliphatic rings. The minimum Gasteiger partial charge on any atom is -0.328 e. The van der Waals surface area contributed by atoms with Crippen LogP contribution in [-0.4, -0.2) is 30.6 Å². The summed E-state index contributed by atoms with van der Waals surface area (Å²) in [7, 11) is 0. The highest BCUT2D eigenvalue weighted by atomic mass is 35.5. The van der Waals surface area contributed by atoms with Crippen LogP contribution >= 0.6 is 12.4 Å². The highest BCUT2D eigenvalue weighted by Gasteiger charge is 2.22. The third-order valence-electron chi connectivity index (χ3n) is 4.35. The van der Waals surface area contributed by atoms with Gasteiger partial charge in [-0.15, -0.1) is 12.4 Å². The lowest BCUT2D eigenvalue weighted by atomic mass is 9.90. The second-order valence-electron chi connectivity index (χ2n) is 5.95. The topological polar surface area (TPSA) is 29.3 Å². The van der Waals surface area contributed by atoms with Crippen LogP contribution in [-0.2, 0) is 0 Å². The van der Waals surface area contributed by atoms with Gasteiger partial charge in [-0.3, -0.25) is 0 Å². The van der Waals surface area contributed by atoms with Crippen LogP contribution in [0.1, 0.15) is 38.2 Å². The monoisotopic (exact) mass is 300 g/mol. The highest BCUT2D eigenvalue weighted by molar-refractivity contribution is 5.85. The molecule has 2 N–H and O–H groups in total. The average Bonchev–Trinajstić information content (AvgIpc) is 2.40. The van der Waals surface area contributed by atoms with Crippen LogP contribution in [0.25, 0.3) is 0 Å². The van der Waals surface area contributed by atoms with Gasteiger partial charge >= 0.3 is 0 Å². The van der Waals surface area contributed by atoms with E-state index in [0.29, 0.717) is 17.9 Å². The standard InChI is InChI=1S/C16H25FN2.ClH/c1-12(14-3-5-16(17)6-4-14)11-19-9-7-15(8-10-19)13(2)18;/h3-6,12-13,15H,7-11,18H2,1-2H3;1H. The van der Waals surface area contributed by atoms with Gasteiger partial charge in [-0.25, -0.2) is 4.39 Å². The molecule has 1 saturated heterocycles. The zero-order valence-electron chi connectivity index (χ0n) is 12.4. The number of likely N-dealkylation sites (tertiary alicyclic amines) is 1. The van der Waals surface area contributed by atoms with E-state index >= 15 is 0 Å². The maximum absolute atomic E-state index is 12.9. The van der Waals surface area contributed by atoms with Gasteiger partial charge in [0.2, 0.25) is 0 Å². The van der Waals surface area contributed by atoms with Crippen LogP contribution in [0.2, 0.25) is 0 Å². The Morgan fingerprint density at radius 3 is 2.25 bits per heavy atom. The minimum atomic E-state index is -0.159. The van der Waals surface area contributed by atoms with Gasteiger partial charge in [-0.2, -0.15) is 0 Å². The van der Waals surface area contributed by atoms with Crippen LogP contribution in [0.4, 0.5) is 4.39 Å². The first-order valence-electron chi connectivity index (χ1n) is 7.29. The van der Waals surface area contributed by atoms with Crippen molar-refractivity contribution in [1.82, 2.24) is 4.90 Å². The van der Waals surface area contributed by atoms with Crippen molar-refractivity contribution in [2.45, 2.75) is 38.6 Å². The SMILES string of the molecule is CC(CN1CCC(C(C)N)CC1)c1ccc(F)cc1.Cl. The van der Waals surface area contributed by atoms with Gasteiger partial charge in [0.1, 0.15) is 5.82 Å². The number of piperidine rings is 1. The van der Waals surface area contributed by atoms with E-state index in [1.807, 2.05) is 12.1 Å². The van der Waals surface area contributed by atoms with E-state index in [1.54, 1.807) is 12.1 Å². The number of hydrogen-bond acceptors (Lipinski definition) is 2. The molecule has 2 atom stereocenters. The summed E-state index contributed by atoms with van der Waals surface area (Å²) >= 11 is 0. The Kier molecular flexibility index (Phi) is 6.93. The second kappa shape index (κ2) is 7.96. The number of benzene rings is 1. The molecule has 0 bridgehead atoms. The van der Waals surface area contributed by atoms with Crippen molar-refractivity contribution < 1.29 is 4.39 Å². The molecule has 0 saturated carbocycles. The summed E-state index contributed by atoms with van der Waals surface area (Å²) in [4.78, 5) is 2.51. The van der Waals surface area contributed by atoms with E-state index in [1.165, 1.54) is 18.4 Å². The quantitative estimate of drug-likeness (QED) is 0.923. The summed E-state index contributed by atoms with van der Waals surface area (Å²) in [5, 5.41) is 0. The molecule has 0 aromatic heterocycles. The summed E-state index contributed by atoms with van der Waals surface area (Å²) in [5.41, 5.74) is 7.18. The third kappa shape index (κ3) is 4.72. The number of nitrogens with two attached hydrogens (primary N) is 1. The molecule has 1 fully saturated rings. The summed E-state index contributed by atoms with van der Waals surface area (Å²) < 4.78 is 12.9. The maximum Gasteiger partial charge on any atom is 0.123 e. The van der Waals surface area contributed by atoms with Gasteiger partial charge in [-0.05, 0) is 62.4 Å². The third-order valence-corrected chi connectivity index (χ3v) is 4.35. The lowest BCUT2D eigenvalue weighted by Crippen LogP contribution is -2.40. The van der Waals surface area contributed by atoms with Gasteiger partial charge in [-0.1, -0.05) is 19.1 Å². The Labute approximate surface area is 127 Å². The van der Waals surface area contributed by atoms with E-state index in [-0.39, 0.29) is 18.2 Å². The molecule has 0 amide bonds. The lowest BCUT2D eigenvalue weighted by Gasteiger charge is -2.35. The average molecular weight is 301 g/mol. The smallest absolute Gasteiger partial charge is 0.123 e. The van der Waals surface area contributed by atoms with Gasteiger partial charge in [0, 0.05) is 12.6 Å². The molecule has 2 unspecified atom stereocenters. The van der Waals surface area contributed by atoms with Gasteiger partial charge in [0.15, 0.2) is 0 Å². The van der Waals surface area contributed by atoms with Crippen LogP contribution in [0, 0.1) is 11.7 Å². The lowest BCUT2D eigenvalue weighted by molar-refractivity contribution is 0.166. The largest absolute Gasteiger partial charge is 0.328 e. The molecule has 0 radical (unpaired) electrons. The molecule has 2 nitrogen and oxygen atoms in total. The summed E-state index contributed by atoms with van der Waals surface area (Å²) in [5.74, 6) is 0.971. The van der Waals surface area contributed by atoms with Crippen molar-refractivity contribution in [2.24, 2.45) is 11.7 Å². The fraction of sp³-hybridized carbons (Fsp3) is 0.625. The van der Waals surface area contributed by atoms with Crippen LogP contribution in [0.15, 0.2) is 24.3 Å². The Morgan fingerprint density at radius 1 is 1.20 bits per heavy atom. The molecule has 1 heterocycles. The molecule has 4 heteroatoms. The molecule has 1 aromatic rings. The zero-order chi connectivity index (χ0) is 13.8. The normalized spacial score (nSPS) is 20.2. The number of halogens is 2. The predicted octanol–water partition coefficient (Wildman–Crippen LogP) is 3.41. The Bertz CT molecular complexity index is 386. The molecule has 1 aromatic carbocycles. The Balaban J connectivity index is 0.00000200. The molecule has 2 rings (SSSR count). The zero-order valence-corrected chi connectivity index (χ0v) is 13.2. The molecule has 114 valence electrons. The first-order chi connectivity index (χ1) is 9.06. The van der Waals surface area contributed by atoms with Gasteiger partial charge in [0.05, 0.1) is 0 Å². The Morgan fingerprint density at radius 2 is 1.75 bits per heavy atom. The molecule has 1 aliphatic heterocycles. The highest BCUT2D eigenvalue weighted by Crippen LogP contribution is 2.23. The van der Waals surface area contributed by atoms with Crippen molar-refractivity contribution in [3.05, 3.63) is 35.6 Å². The summed E-state index contributed by atoms with van der Waals surface area (Å²) in [6.45, 7) is 7.65. The van der Waals surface area contributed by atoms with Crippen molar-refractivity contribution in [1.29, 1.82) is 0 Å². The second-order valence-corrected chi connectivity index (χ2v) is 5.95. The first-order valence-corrected chi connectivity index (χ1v) is 7.29. The van der Waals surface area contributed by atoms with E-state index in [2.05, 4.69) is 18.7 Å². The molecule has 0 spiro atoms. The van der Waals surface area contributed by atoms with Crippen molar-refractivity contribution >= 4 is 12.4 Å². The van der Waals surface area contributed by atoms with E-state index in [0.717, 1.165) is 19.6 Å². The van der Waals surface area contributed by atoms with E-state index < -0.39 is 0 Å². The van der Waals surface area contributed by atoms with Crippen LogP contribution in [0.5, 0.6) is 0 Å². The van der Waals surface area contributed by atoms with Crippen molar-refractivity contribution in [3.8, 4) is 0 Å². The van der Waals surface area contributed by atoms with Crippen molar-refractivity contribution in [2.75, 3.05) is 19.6 Å². The van der Waals surface area contributed by atoms with E-state index in [4.69, 9.17) is 5.73 Å². The fourth-order valence-electron chi connectivity index (χ4n) is 2.95. The molecule has 0 aliphatic carbocycles. The number of hydrogen-bond donors (Lipinski definition) is 1. The molecule has 20 heavy (non-hydrogen) atoms. The molecular formula is C16H26ClFN2. The van der Waals surface area contributed by atoms with Crippen molar-refractivity contribution in [3.63, 3.8) is 0 Å². The summed E-state index contributed by atoms with van der Waals surface area (Å²) in [6.07, 6.45) is 2.40. The number of nitrogens with zero attached hydrogens (tertiary/aromatic N) is 1. The van der Waals surface area contributed by atoms with Gasteiger partial charge < -0.3 is 10.6 Å². The van der Waals surface area contributed by atoms with Crippen LogP contribution in [0.3, 0.4) is 0 Å². The first kappa shape index (κ1) is 17.4. The maximum atomic E-state index is 12.9. The van der Waals surface area contributed by atoms with Crippen LogP contribution < -0.4 is 5.73 Å². The van der Waals surface area contributed by atoms with E-state index in [9.17, 15) is 4.39 Å². The Hall–Kier alpha value is -0.640. The number of rotatable bonds is 4. The predicted molar refractivity (Wildman–Crippen MR) is 84.9 cm³/mol.